The van der Waals surface area contributed by atoms with Gasteiger partial charge in [-0.05, 0) is 33.2 Å². The van der Waals surface area contributed by atoms with E-state index in [4.69, 9.17) is 0 Å². The van der Waals surface area contributed by atoms with Gasteiger partial charge in [-0.15, -0.1) is 0 Å². The second-order valence-corrected chi connectivity index (χ2v) is 8.81. The van der Waals surface area contributed by atoms with Crippen molar-refractivity contribution in [3.8, 4) is 0 Å². The molecule has 0 radical (unpaired) electrons. The van der Waals surface area contributed by atoms with Gasteiger partial charge in [0.25, 0.3) is 0 Å². The molecule has 1 aliphatic rings. The van der Waals surface area contributed by atoms with Gasteiger partial charge in [-0.2, -0.15) is 0 Å². The van der Waals surface area contributed by atoms with Crippen LogP contribution in [0.1, 0.15) is 76.3 Å². The van der Waals surface area contributed by atoms with Crippen molar-refractivity contribution in [1.82, 2.24) is 0 Å². The Morgan fingerprint density at radius 1 is 0.636 bits per heavy atom. The lowest BCUT2D eigenvalue weighted by molar-refractivity contribution is 0.514. The van der Waals surface area contributed by atoms with E-state index in [9.17, 15) is 0 Å². The number of fused-ring (bicyclic) bond motifs is 2. The van der Waals surface area contributed by atoms with E-state index in [1.807, 2.05) is 0 Å². The second kappa shape index (κ2) is 4.47. The van der Waals surface area contributed by atoms with E-state index in [-0.39, 0.29) is 16.2 Å². The maximum absolute atomic E-state index is 2.45. The number of hydrogen-bond donors (Lipinski definition) is 0. The van der Waals surface area contributed by atoms with Crippen molar-refractivity contribution >= 4 is 0 Å². The summed E-state index contributed by atoms with van der Waals surface area (Å²) in [5.74, 6) is 0. The molecule has 0 amide bonds. The van der Waals surface area contributed by atoms with Gasteiger partial charge >= 0.3 is 0 Å². The van der Waals surface area contributed by atoms with E-state index < -0.39 is 0 Å². The van der Waals surface area contributed by atoms with Gasteiger partial charge in [0.2, 0.25) is 0 Å². The SMILES string of the molecule is CC(C)(C)c1ccc2c(c1)C(C)(C)c1ccccc1C2(C)C. The zero-order valence-electron chi connectivity index (χ0n) is 15.0. The third-order valence-electron chi connectivity index (χ3n) is 5.51. The molecule has 0 aromatic heterocycles. The molecule has 2 aromatic rings. The van der Waals surface area contributed by atoms with Crippen LogP contribution in [0.25, 0.3) is 0 Å². The van der Waals surface area contributed by atoms with Crippen molar-refractivity contribution in [1.29, 1.82) is 0 Å². The van der Waals surface area contributed by atoms with Crippen LogP contribution in [0.4, 0.5) is 0 Å². The Balaban J connectivity index is 2.33. The highest BCUT2D eigenvalue weighted by Gasteiger charge is 2.41. The topological polar surface area (TPSA) is 0 Å². The van der Waals surface area contributed by atoms with Crippen LogP contribution < -0.4 is 0 Å². The Hall–Kier alpha value is -1.56. The first-order valence-electron chi connectivity index (χ1n) is 8.32. The molecule has 1 aliphatic carbocycles. The zero-order chi connectivity index (χ0) is 16.3. The molecule has 0 saturated heterocycles. The lowest BCUT2D eigenvalue weighted by atomic mass is 9.59. The number of hydrogen-bond acceptors (Lipinski definition) is 0. The van der Waals surface area contributed by atoms with E-state index >= 15 is 0 Å². The van der Waals surface area contributed by atoms with Gasteiger partial charge < -0.3 is 0 Å². The van der Waals surface area contributed by atoms with E-state index in [1.54, 1.807) is 0 Å². The average Bonchev–Trinajstić information content (AvgIpc) is 2.44. The van der Waals surface area contributed by atoms with Crippen molar-refractivity contribution in [2.75, 3.05) is 0 Å². The summed E-state index contributed by atoms with van der Waals surface area (Å²) in [6, 6.07) is 16.1. The van der Waals surface area contributed by atoms with Crippen LogP contribution in [0, 0.1) is 0 Å². The molecule has 116 valence electrons. The van der Waals surface area contributed by atoms with Gasteiger partial charge in [0, 0.05) is 10.8 Å². The minimum atomic E-state index is 0.0582. The lowest BCUT2D eigenvalue weighted by Crippen LogP contribution is -2.36. The standard InChI is InChI=1S/C22H28/c1-20(2,3)15-12-13-18-19(14-15)22(6,7)17-11-9-8-10-16(17)21(18,4)5/h8-14H,1-7H3. The summed E-state index contributed by atoms with van der Waals surface area (Å²) in [6.45, 7) is 16.3. The predicted octanol–water partition coefficient (Wildman–Crippen LogP) is 5.95. The Kier molecular flexibility index (Phi) is 3.12. The molecule has 0 N–H and O–H groups in total. The summed E-state index contributed by atoms with van der Waals surface area (Å²) < 4.78 is 0. The fraction of sp³-hybridized carbons (Fsp3) is 0.455. The van der Waals surface area contributed by atoms with Crippen LogP contribution in [0.5, 0.6) is 0 Å². The highest BCUT2D eigenvalue weighted by molar-refractivity contribution is 5.59. The monoisotopic (exact) mass is 292 g/mol. The molecule has 0 aliphatic heterocycles. The fourth-order valence-corrected chi connectivity index (χ4v) is 3.94. The predicted molar refractivity (Wildman–Crippen MR) is 95.8 cm³/mol. The summed E-state index contributed by atoms with van der Waals surface area (Å²) in [5.41, 5.74) is 7.64. The van der Waals surface area contributed by atoms with Crippen molar-refractivity contribution in [2.45, 2.75) is 64.7 Å². The molecule has 2 aromatic carbocycles. The fourth-order valence-electron chi connectivity index (χ4n) is 3.94. The summed E-state index contributed by atoms with van der Waals surface area (Å²) in [6.07, 6.45) is 0. The first kappa shape index (κ1) is 15.3. The largest absolute Gasteiger partial charge is 0.0619 e. The molecular formula is C22H28. The quantitative estimate of drug-likeness (QED) is 0.563. The van der Waals surface area contributed by atoms with Crippen LogP contribution in [-0.4, -0.2) is 0 Å². The van der Waals surface area contributed by atoms with E-state index in [0.717, 1.165) is 0 Å². The van der Waals surface area contributed by atoms with Gasteiger partial charge in [0.1, 0.15) is 0 Å². The molecule has 0 spiro atoms. The summed E-state index contributed by atoms with van der Waals surface area (Å²) >= 11 is 0. The van der Waals surface area contributed by atoms with Gasteiger partial charge in [-0.25, -0.2) is 0 Å². The Morgan fingerprint density at radius 3 is 1.59 bits per heavy atom. The van der Waals surface area contributed by atoms with Crippen molar-refractivity contribution in [2.24, 2.45) is 0 Å². The van der Waals surface area contributed by atoms with Crippen LogP contribution in [0.3, 0.4) is 0 Å². The van der Waals surface area contributed by atoms with Gasteiger partial charge in [0.05, 0.1) is 0 Å². The summed E-state index contributed by atoms with van der Waals surface area (Å²) in [4.78, 5) is 0. The van der Waals surface area contributed by atoms with Crippen LogP contribution in [0.2, 0.25) is 0 Å². The van der Waals surface area contributed by atoms with E-state index in [2.05, 4.69) is 90.9 Å². The molecule has 0 fully saturated rings. The lowest BCUT2D eigenvalue weighted by Gasteiger charge is -2.44. The molecule has 0 saturated carbocycles. The molecule has 0 heterocycles. The second-order valence-electron chi connectivity index (χ2n) is 8.81. The van der Waals surface area contributed by atoms with Crippen molar-refractivity contribution < 1.29 is 0 Å². The molecule has 0 heteroatoms. The Labute approximate surface area is 135 Å². The first-order chi connectivity index (χ1) is 10.1. The van der Waals surface area contributed by atoms with Crippen LogP contribution in [0.15, 0.2) is 42.5 Å². The highest BCUT2D eigenvalue weighted by atomic mass is 14.4. The normalized spacial score (nSPS) is 18.5. The van der Waals surface area contributed by atoms with Crippen molar-refractivity contribution in [3.05, 3.63) is 70.3 Å². The van der Waals surface area contributed by atoms with E-state index in [1.165, 1.54) is 27.8 Å². The molecule has 3 rings (SSSR count). The average molecular weight is 292 g/mol. The Morgan fingerprint density at radius 2 is 1.09 bits per heavy atom. The third kappa shape index (κ3) is 2.04. The minimum absolute atomic E-state index is 0.0582. The molecule has 0 bridgehead atoms. The minimum Gasteiger partial charge on any atom is -0.0619 e. The molecule has 22 heavy (non-hydrogen) atoms. The molecule has 0 unspecified atom stereocenters. The maximum Gasteiger partial charge on any atom is 0.0152 e. The molecular weight excluding hydrogens is 264 g/mol. The van der Waals surface area contributed by atoms with Crippen LogP contribution in [-0.2, 0) is 16.2 Å². The highest BCUT2D eigenvalue weighted by Crippen LogP contribution is 2.50. The van der Waals surface area contributed by atoms with Gasteiger partial charge in [-0.1, -0.05) is 90.9 Å². The van der Waals surface area contributed by atoms with Gasteiger partial charge in [0.15, 0.2) is 0 Å². The van der Waals surface area contributed by atoms with Gasteiger partial charge in [-0.3, -0.25) is 0 Å². The summed E-state index contributed by atoms with van der Waals surface area (Å²) in [7, 11) is 0. The summed E-state index contributed by atoms with van der Waals surface area (Å²) in [5, 5.41) is 0. The first-order valence-corrected chi connectivity index (χ1v) is 8.32. The molecule has 0 atom stereocenters. The third-order valence-corrected chi connectivity index (χ3v) is 5.51. The number of rotatable bonds is 0. The number of benzene rings is 2. The smallest absolute Gasteiger partial charge is 0.0152 e. The van der Waals surface area contributed by atoms with Crippen LogP contribution >= 0.6 is 0 Å². The molecule has 0 nitrogen and oxygen atoms in total. The maximum atomic E-state index is 2.45. The van der Waals surface area contributed by atoms with Crippen molar-refractivity contribution in [3.63, 3.8) is 0 Å². The Bertz CT molecular complexity index is 724. The zero-order valence-corrected chi connectivity index (χ0v) is 15.0. The van der Waals surface area contributed by atoms with E-state index in [0.29, 0.717) is 0 Å².